The summed E-state index contributed by atoms with van der Waals surface area (Å²) in [5.41, 5.74) is 0.944. The van der Waals surface area contributed by atoms with Gasteiger partial charge in [-0.2, -0.15) is 0 Å². The number of carbonyl (C=O) groups is 2. The number of rotatable bonds is 6. The van der Waals surface area contributed by atoms with E-state index in [9.17, 15) is 14.0 Å². The molecule has 0 bridgehead atoms. The zero-order valence-corrected chi connectivity index (χ0v) is 16.5. The Labute approximate surface area is 165 Å². The minimum atomic E-state index is -0.777. The van der Waals surface area contributed by atoms with Gasteiger partial charge in [-0.25, -0.2) is 9.37 Å². The number of aromatic nitrogens is 1. The van der Waals surface area contributed by atoms with Crippen LogP contribution in [0.1, 0.15) is 24.2 Å². The van der Waals surface area contributed by atoms with E-state index in [4.69, 9.17) is 4.74 Å². The van der Waals surface area contributed by atoms with Gasteiger partial charge in [0.05, 0.1) is 22.9 Å². The number of amides is 2. The van der Waals surface area contributed by atoms with Crippen molar-refractivity contribution >= 4 is 38.5 Å². The highest BCUT2D eigenvalue weighted by Gasteiger charge is 2.26. The summed E-state index contributed by atoms with van der Waals surface area (Å²) in [5.74, 6) is -0.893. The number of nitrogens with zero attached hydrogens (tertiary/aromatic N) is 1. The fourth-order valence-electron chi connectivity index (χ4n) is 2.72. The van der Waals surface area contributed by atoms with E-state index in [-0.39, 0.29) is 11.7 Å². The Morgan fingerprint density at radius 1 is 1.18 bits per heavy atom. The molecule has 2 aromatic carbocycles. The lowest BCUT2D eigenvalue weighted by Crippen LogP contribution is -2.47. The second kappa shape index (κ2) is 8.35. The molecule has 146 valence electrons. The minimum absolute atomic E-state index is 0.162. The van der Waals surface area contributed by atoms with Crippen LogP contribution in [-0.4, -0.2) is 29.9 Å². The molecule has 0 aliphatic carbocycles. The fourth-order valence-corrected chi connectivity index (χ4v) is 3.61. The van der Waals surface area contributed by atoms with Crippen molar-refractivity contribution in [2.75, 3.05) is 12.4 Å². The molecule has 0 spiro atoms. The number of fused-ring (bicyclic) bond motifs is 1. The molecule has 1 unspecified atom stereocenters. The summed E-state index contributed by atoms with van der Waals surface area (Å²) in [7, 11) is 1.48. The molecule has 0 fully saturated rings. The molecule has 1 heterocycles. The number of thiazole rings is 1. The van der Waals surface area contributed by atoms with Gasteiger partial charge in [-0.1, -0.05) is 37.3 Å². The number of nitrogens with one attached hydrogen (secondary N) is 2. The molecule has 0 aliphatic rings. The van der Waals surface area contributed by atoms with Crippen LogP contribution in [0.3, 0.4) is 0 Å². The average Bonchev–Trinajstić information content (AvgIpc) is 3.06. The van der Waals surface area contributed by atoms with E-state index >= 15 is 0 Å². The van der Waals surface area contributed by atoms with Gasteiger partial charge in [0.2, 0.25) is 5.91 Å². The molecular weight excluding hydrogens is 381 g/mol. The number of carbonyl (C=O) groups excluding carboxylic acids is 2. The van der Waals surface area contributed by atoms with Gasteiger partial charge < -0.3 is 15.4 Å². The van der Waals surface area contributed by atoms with E-state index in [1.807, 2.05) is 13.8 Å². The number of benzene rings is 2. The van der Waals surface area contributed by atoms with E-state index in [2.05, 4.69) is 15.6 Å². The van der Waals surface area contributed by atoms with Crippen LogP contribution in [0.15, 0.2) is 42.5 Å². The normalized spacial score (nSPS) is 12.0. The van der Waals surface area contributed by atoms with Crippen molar-refractivity contribution in [3.63, 3.8) is 0 Å². The Hall–Kier alpha value is -3.00. The number of hydrogen-bond acceptors (Lipinski definition) is 5. The Kier molecular flexibility index (Phi) is 5.89. The van der Waals surface area contributed by atoms with Crippen molar-refractivity contribution in [1.29, 1.82) is 0 Å². The smallest absolute Gasteiger partial charge is 0.255 e. The molecule has 0 radical (unpaired) electrons. The Morgan fingerprint density at radius 3 is 2.64 bits per heavy atom. The van der Waals surface area contributed by atoms with Gasteiger partial charge in [-0.3, -0.25) is 9.59 Å². The molecule has 28 heavy (non-hydrogen) atoms. The quantitative estimate of drug-likeness (QED) is 0.658. The molecular formula is C20H20FN3O3S. The molecule has 3 rings (SSSR count). The number of anilines is 1. The van der Waals surface area contributed by atoms with Gasteiger partial charge in [0.15, 0.2) is 5.13 Å². The highest BCUT2D eigenvalue weighted by molar-refractivity contribution is 7.22. The maximum Gasteiger partial charge on any atom is 0.255 e. The summed E-state index contributed by atoms with van der Waals surface area (Å²) < 4.78 is 19.2. The molecule has 8 heteroatoms. The number of methoxy groups -OCH3 is 1. The third-order valence-corrected chi connectivity index (χ3v) is 5.10. The monoisotopic (exact) mass is 401 g/mol. The fraction of sp³-hybridized carbons (Fsp3) is 0.250. The predicted octanol–water partition coefficient (Wildman–Crippen LogP) is 3.84. The van der Waals surface area contributed by atoms with Crippen molar-refractivity contribution in [1.82, 2.24) is 10.3 Å². The molecule has 0 aliphatic heterocycles. The topological polar surface area (TPSA) is 80.3 Å². The van der Waals surface area contributed by atoms with Crippen molar-refractivity contribution < 1.29 is 18.7 Å². The van der Waals surface area contributed by atoms with E-state index in [1.165, 1.54) is 30.6 Å². The second-order valence-electron chi connectivity index (χ2n) is 6.52. The standard InChI is InChI=1S/C20H20FN3O3S/c1-11(2)17(23-18(25)13-6-4-5-7-15(13)27-3)19(26)24-20-22-14-9-8-12(21)10-16(14)28-20/h4-11,17H,1-3H3,(H,23,25)(H,22,24,26). The lowest BCUT2D eigenvalue weighted by atomic mass is 10.0. The van der Waals surface area contributed by atoms with Gasteiger partial charge >= 0.3 is 0 Å². The van der Waals surface area contributed by atoms with Gasteiger partial charge in [0, 0.05) is 0 Å². The zero-order chi connectivity index (χ0) is 20.3. The summed E-state index contributed by atoms with van der Waals surface area (Å²) in [6.07, 6.45) is 0. The zero-order valence-electron chi connectivity index (χ0n) is 15.7. The van der Waals surface area contributed by atoms with Crippen LogP contribution >= 0.6 is 11.3 Å². The number of halogens is 1. The summed E-state index contributed by atoms with van der Waals surface area (Å²) in [6, 6.07) is 10.3. The van der Waals surface area contributed by atoms with Crippen molar-refractivity contribution in [2.24, 2.45) is 5.92 Å². The lowest BCUT2D eigenvalue weighted by molar-refractivity contribution is -0.118. The van der Waals surface area contributed by atoms with E-state index < -0.39 is 17.9 Å². The summed E-state index contributed by atoms with van der Waals surface area (Å²) >= 11 is 1.17. The van der Waals surface area contributed by atoms with Crippen LogP contribution in [0.2, 0.25) is 0 Å². The number of ether oxygens (including phenoxy) is 1. The van der Waals surface area contributed by atoms with Gasteiger partial charge in [0.25, 0.3) is 5.91 Å². The highest BCUT2D eigenvalue weighted by atomic mass is 32.1. The third-order valence-electron chi connectivity index (χ3n) is 4.17. The minimum Gasteiger partial charge on any atom is -0.496 e. The summed E-state index contributed by atoms with van der Waals surface area (Å²) in [4.78, 5) is 29.7. The molecule has 2 amide bonds. The van der Waals surface area contributed by atoms with E-state index in [1.54, 1.807) is 30.3 Å². The van der Waals surface area contributed by atoms with E-state index in [0.29, 0.717) is 26.7 Å². The summed E-state index contributed by atoms with van der Waals surface area (Å²) in [6.45, 7) is 3.67. The average molecular weight is 401 g/mol. The Balaban J connectivity index is 1.77. The van der Waals surface area contributed by atoms with Crippen molar-refractivity contribution in [3.05, 3.63) is 53.8 Å². The SMILES string of the molecule is COc1ccccc1C(=O)NC(C(=O)Nc1nc2ccc(F)cc2s1)C(C)C. The van der Waals surface area contributed by atoms with Crippen LogP contribution in [0.5, 0.6) is 5.75 Å². The first-order valence-corrected chi connectivity index (χ1v) is 9.51. The van der Waals surface area contributed by atoms with Crippen LogP contribution < -0.4 is 15.4 Å². The Bertz CT molecular complexity index is 1020. The predicted molar refractivity (Wildman–Crippen MR) is 107 cm³/mol. The molecule has 0 saturated heterocycles. The number of para-hydroxylation sites is 1. The first kappa shape index (κ1) is 19.8. The molecule has 0 saturated carbocycles. The van der Waals surface area contributed by atoms with Gasteiger partial charge in [-0.05, 0) is 36.2 Å². The molecule has 2 N–H and O–H groups in total. The highest BCUT2D eigenvalue weighted by Crippen LogP contribution is 2.27. The largest absolute Gasteiger partial charge is 0.496 e. The van der Waals surface area contributed by atoms with Crippen molar-refractivity contribution in [3.8, 4) is 5.75 Å². The van der Waals surface area contributed by atoms with E-state index in [0.717, 1.165) is 0 Å². The van der Waals surface area contributed by atoms with Gasteiger partial charge in [-0.15, -0.1) is 0 Å². The molecule has 6 nitrogen and oxygen atoms in total. The number of hydrogen-bond donors (Lipinski definition) is 2. The van der Waals surface area contributed by atoms with Crippen LogP contribution in [0.4, 0.5) is 9.52 Å². The molecule has 1 aromatic heterocycles. The molecule has 1 atom stereocenters. The Morgan fingerprint density at radius 2 is 1.93 bits per heavy atom. The molecule has 3 aromatic rings. The van der Waals surface area contributed by atoms with Crippen molar-refractivity contribution in [2.45, 2.75) is 19.9 Å². The first-order chi connectivity index (χ1) is 13.4. The first-order valence-electron chi connectivity index (χ1n) is 8.70. The van der Waals surface area contributed by atoms with Gasteiger partial charge in [0.1, 0.15) is 17.6 Å². The third kappa shape index (κ3) is 4.28. The van der Waals surface area contributed by atoms with Crippen LogP contribution in [-0.2, 0) is 4.79 Å². The maximum absolute atomic E-state index is 13.3. The van der Waals surface area contributed by atoms with Crippen LogP contribution in [0.25, 0.3) is 10.2 Å². The van der Waals surface area contributed by atoms with Crippen LogP contribution in [0, 0.1) is 11.7 Å². The maximum atomic E-state index is 13.3. The second-order valence-corrected chi connectivity index (χ2v) is 7.55. The lowest BCUT2D eigenvalue weighted by Gasteiger charge is -2.21. The summed E-state index contributed by atoms with van der Waals surface area (Å²) in [5, 5.41) is 5.82.